The van der Waals surface area contributed by atoms with E-state index < -0.39 is 17.5 Å². The molecule has 1 rings (SSSR count). The summed E-state index contributed by atoms with van der Waals surface area (Å²) in [6, 6.07) is 1.22. The van der Waals surface area contributed by atoms with Crippen LogP contribution in [0.4, 0.5) is 13.2 Å². The topological polar surface area (TPSA) is 12.4 Å². The maximum atomic E-state index is 12.7. The van der Waals surface area contributed by atoms with Crippen molar-refractivity contribution >= 4 is 6.21 Å². The highest BCUT2D eigenvalue weighted by molar-refractivity contribution is 5.80. The predicted molar refractivity (Wildman–Crippen MR) is 39.8 cm³/mol. The minimum Gasteiger partial charge on any atom is -0.296 e. The Kier molecular flexibility index (Phi) is 2.47. The summed E-state index contributed by atoms with van der Waals surface area (Å²) in [4.78, 5) is 3.43. The summed E-state index contributed by atoms with van der Waals surface area (Å²) in [5.74, 6) is -2.82. The van der Waals surface area contributed by atoms with Crippen molar-refractivity contribution in [2.45, 2.75) is 0 Å². The molecule has 0 radical (unpaired) electrons. The van der Waals surface area contributed by atoms with Gasteiger partial charge in [0.05, 0.1) is 5.56 Å². The van der Waals surface area contributed by atoms with Crippen LogP contribution in [0.15, 0.2) is 17.1 Å². The normalized spacial score (nSPS) is 11.0. The lowest BCUT2D eigenvalue weighted by Gasteiger charge is -1.97. The van der Waals surface area contributed by atoms with Gasteiger partial charge in [0.1, 0.15) is 17.5 Å². The Bertz CT molecular complexity index is 297. The summed E-state index contributed by atoms with van der Waals surface area (Å²) in [7, 11) is 1.38. The van der Waals surface area contributed by atoms with Gasteiger partial charge in [0, 0.05) is 25.4 Å². The molecule has 0 heterocycles. The van der Waals surface area contributed by atoms with E-state index in [0.717, 1.165) is 6.21 Å². The molecule has 0 aliphatic heterocycles. The van der Waals surface area contributed by atoms with Gasteiger partial charge >= 0.3 is 0 Å². The van der Waals surface area contributed by atoms with Crippen LogP contribution in [0.2, 0.25) is 0 Å². The third kappa shape index (κ3) is 1.64. The van der Waals surface area contributed by atoms with E-state index in [2.05, 4.69) is 4.99 Å². The second-order valence-electron chi connectivity index (χ2n) is 2.17. The van der Waals surface area contributed by atoms with Gasteiger partial charge < -0.3 is 0 Å². The van der Waals surface area contributed by atoms with Crippen molar-refractivity contribution in [3.8, 4) is 0 Å². The van der Waals surface area contributed by atoms with E-state index in [1.54, 1.807) is 0 Å². The lowest BCUT2D eigenvalue weighted by Crippen LogP contribution is -1.95. The Morgan fingerprint density at radius 2 is 1.67 bits per heavy atom. The molecule has 0 bridgehead atoms. The first kappa shape index (κ1) is 8.77. The van der Waals surface area contributed by atoms with E-state index >= 15 is 0 Å². The first-order valence-corrected chi connectivity index (χ1v) is 3.22. The fraction of sp³-hybridized carbons (Fsp3) is 0.125. The lowest BCUT2D eigenvalue weighted by molar-refractivity contribution is 0.541. The van der Waals surface area contributed by atoms with Crippen molar-refractivity contribution < 1.29 is 13.2 Å². The monoisotopic (exact) mass is 173 g/mol. The van der Waals surface area contributed by atoms with Crippen LogP contribution in [0.5, 0.6) is 0 Å². The molecule has 0 aliphatic rings. The first-order chi connectivity index (χ1) is 5.65. The number of aliphatic imine (C=N–C) groups is 1. The Morgan fingerprint density at radius 1 is 1.17 bits per heavy atom. The molecule has 0 saturated heterocycles. The quantitative estimate of drug-likeness (QED) is 0.577. The summed E-state index contributed by atoms with van der Waals surface area (Å²) in [6.45, 7) is 0. The summed E-state index contributed by atoms with van der Waals surface area (Å²) < 4.78 is 37.8. The predicted octanol–water partition coefficient (Wildman–Crippen LogP) is 2.15. The largest absolute Gasteiger partial charge is 0.296 e. The van der Waals surface area contributed by atoms with Crippen molar-refractivity contribution in [3.63, 3.8) is 0 Å². The number of nitrogens with zero attached hydrogens (tertiary/aromatic N) is 1. The summed E-state index contributed by atoms with van der Waals surface area (Å²) in [6.07, 6.45) is 1.00. The van der Waals surface area contributed by atoms with Gasteiger partial charge in [-0.15, -0.1) is 0 Å². The van der Waals surface area contributed by atoms with Gasteiger partial charge in [0.15, 0.2) is 0 Å². The van der Waals surface area contributed by atoms with Crippen LogP contribution in [0.3, 0.4) is 0 Å². The van der Waals surface area contributed by atoms with Gasteiger partial charge in [-0.05, 0) is 0 Å². The van der Waals surface area contributed by atoms with Crippen LogP contribution in [0.1, 0.15) is 5.56 Å². The molecule has 0 spiro atoms. The second kappa shape index (κ2) is 3.38. The molecule has 1 nitrogen and oxygen atoms in total. The number of rotatable bonds is 1. The summed E-state index contributed by atoms with van der Waals surface area (Å²) in [5, 5.41) is 0. The van der Waals surface area contributed by atoms with Gasteiger partial charge in [-0.2, -0.15) is 0 Å². The first-order valence-electron chi connectivity index (χ1n) is 3.22. The van der Waals surface area contributed by atoms with Crippen LogP contribution in [-0.2, 0) is 0 Å². The number of hydrogen-bond donors (Lipinski definition) is 0. The maximum absolute atomic E-state index is 12.7. The van der Waals surface area contributed by atoms with Gasteiger partial charge in [-0.1, -0.05) is 0 Å². The Labute approximate surface area is 67.6 Å². The van der Waals surface area contributed by atoms with E-state index in [-0.39, 0.29) is 5.56 Å². The smallest absolute Gasteiger partial charge is 0.137 e. The maximum Gasteiger partial charge on any atom is 0.137 e. The average Bonchev–Trinajstić information content (AvgIpc) is 1.96. The highest BCUT2D eigenvalue weighted by atomic mass is 19.1. The molecule has 0 fully saturated rings. The Balaban J connectivity index is 3.28. The lowest BCUT2D eigenvalue weighted by atomic mass is 10.2. The molecule has 12 heavy (non-hydrogen) atoms. The van der Waals surface area contributed by atoms with E-state index in [0.29, 0.717) is 12.1 Å². The molecule has 1 aromatic rings. The van der Waals surface area contributed by atoms with Crippen LogP contribution in [0, 0.1) is 17.5 Å². The van der Waals surface area contributed by atoms with Crippen LogP contribution in [0.25, 0.3) is 0 Å². The Morgan fingerprint density at radius 3 is 2.08 bits per heavy atom. The van der Waals surface area contributed by atoms with E-state index in [4.69, 9.17) is 0 Å². The van der Waals surface area contributed by atoms with Crippen molar-refractivity contribution in [1.82, 2.24) is 0 Å². The van der Waals surface area contributed by atoms with E-state index in [1.165, 1.54) is 7.05 Å². The third-order valence-corrected chi connectivity index (χ3v) is 1.30. The fourth-order valence-corrected chi connectivity index (χ4v) is 0.806. The molecular weight excluding hydrogens is 167 g/mol. The molecule has 0 amide bonds. The molecule has 0 aliphatic carbocycles. The SMILES string of the molecule is CN=Cc1c(F)cc(F)cc1F. The molecule has 64 valence electrons. The van der Waals surface area contributed by atoms with Crippen molar-refractivity contribution in [2.24, 2.45) is 4.99 Å². The number of hydrogen-bond acceptors (Lipinski definition) is 1. The minimum atomic E-state index is -0.946. The highest BCUT2D eigenvalue weighted by Crippen LogP contribution is 2.12. The Hall–Kier alpha value is -1.32. The van der Waals surface area contributed by atoms with Crippen molar-refractivity contribution in [2.75, 3.05) is 7.05 Å². The van der Waals surface area contributed by atoms with Crippen LogP contribution >= 0.6 is 0 Å². The molecule has 0 aromatic heterocycles. The second-order valence-corrected chi connectivity index (χ2v) is 2.17. The molecule has 0 atom stereocenters. The summed E-state index contributed by atoms with van der Waals surface area (Å²) in [5.41, 5.74) is -0.320. The number of halogens is 3. The summed E-state index contributed by atoms with van der Waals surface area (Å²) >= 11 is 0. The molecule has 0 unspecified atom stereocenters. The molecular formula is C8H6F3N. The fourth-order valence-electron chi connectivity index (χ4n) is 0.806. The zero-order chi connectivity index (χ0) is 9.14. The van der Waals surface area contributed by atoms with Crippen molar-refractivity contribution in [3.05, 3.63) is 35.1 Å². The van der Waals surface area contributed by atoms with Crippen molar-refractivity contribution in [1.29, 1.82) is 0 Å². The average molecular weight is 173 g/mol. The third-order valence-electron chi connectivity index (χ3n) is 1.30. The molecule has 1 aromatic carbocycles. The molecule has 0 saturated carbocycles. The van der Waals surface area contributed by atoms with Crippen LogP contribution < -0.4 is 0 Å². The number of benzene rings is 1. The zero-order valence-corrected chi connectivity index (χ0v) is 6.31. The zero-order valence-electron chi connectivity index (χ0n) is 6.31. The van der Waals surface area contributed by atoms with Crippen LogP contribution in [-0.4, -0.2) is 13.3 Å². The van der Waals surface area contributed by atoms with Gasteiger partial charge in [0.25, 0.3) is 0 Å². The van der Waals surface area contributed by atoms with Gasteiger partial charge in [0.2, 0.25) is 0 Å². The highest BCUT2D eigenvalue weighted by Gasteiger charge is 2.08. The van der Waals surface area contributed by atoms with E-state index in [1.807, 2.05) is 0 Å². The van der Waals surface area contributed by atoms with Gasteiger partial charge in [-0.3, -0.25) is 4.99 Å². The standard InChI is InChI=1S/C8H6F3N/c1-12-4-6-7(10)2-5(9)3-8(6)11/h2-4H,1H3. The molecule has 4 heteroatoms. The van der Waals surface area contributed by atoms with Gasteiger partial charge in [-0.25, -0.2) is 13.2 Å². The molecule has 0 N–H and O–H groups in total. The minimum absolute atomic E-state index is 0.320. The van der Waals surface area contributed by atoms with E-state index in [9.17, 15) is 13.2 Å².